The smallest absolute Gasteiger partial charge is 0.226 e. The van der Waals surface area contributed by atoms with E-state index in [0.717, 1.165) is 11.1 Å². The Morgan fingerprint density at radius 1 is 0.692 bits per heavy atom. The summed E-state index contributed by atoms with van der Waals surface area (Å²) in [5.74, 6) is 0. The van der Waals surface area contributed by atoms with Crippen LogP contribution >= 0.6 is 0 Å². The predicted octanol–water partition coefficient (Wildman–Crippen LogP) is 2.95. The van der Waals surface area contributed by atoms with E-state index in [0.29, 0.717) is 0 Å². The van der Waals surface area contributed by atoms with Gasteiger partial charge in [0.1, 0.15) is 0 Å². The molecule has 0 N–H and O–H groups in total. The van der Waals surface area contributed by atoms with Crippen molar-refractivity contribution in [2.24, 2.45) is 0 Å². The maximum Gasteiger partial charge on any atom is 2.00 e. The second kappa shape index (κ2) is 4.99. The number of hydrogen-bond donors (Lipinski definition) is 0. The average molecular weight is 336 g/mol. The van der Waals surface area contributed by atoms with Crippen LogP contribution < -0.4 is 0 Å². The van der Waals surface area contributed by atoms with E-state index in [1.165, 1.54) is 0 Å². The molecule has 0 bridgehead atoms. The number of benzene rings is 2. The Balaban J connectivity index is 0.000000845. The molecule has 0 atom stereocenters. The molecule has 0 saturated heterocycles. The minimum atomic E-state index is 0. The van der Waals surface area contributed by atoms with Crippen molar-refractivity contribution in [2.75, 3.05) is 0 Å². The Labute approximate surface area is 92.9 Å². The molecule has 0 spiro atoms. The predicted molar refractivity (Wildman–Crippen MR) is 49.6 cm³/mol. The first kappa shape index (κ1) is 10.2. The Morgan fingerprint density at radius 3 is 1.46 bits per heavy atom. The second-order valence-corrected chi connectivity index (χ2v) is 2.55. The van der Waals surface area contributed by atoms with E-state index in [2.05, 4.69) is 12.1 Å². The fourth-order valence-corrected chi connectivity index (χ4v) is 1.12. The molecule has 13 heavy (non-hydrogen) atoms. The van der Waals surface area contributed by atoms with Gasteiger partial charge < -0.3 is 0 Å². The molecule has 1 heteroatoms. The van der Waals surface area contributed by atoms with Crippen LogP contribution in [0.15, 0.2) is 48.5 Å². The second-order valence-electron chi connectivity index (χ2n) is 2.55. The van der Waals surface area contributed by atoms with E-state index in [9.17, 15) is 0 Å². The van der Waals surface area contributed by atoms with Gasteiger partial charge in [0.05, 0.1) is 0 Å². The van der Waals surface area contributed by atoms with Gasteiger partial charge in [-0.05, 0) is 0 Å². The molecule has 0 aliphatic heterocycles. The molecule has 0 aromatic heterocycles. The molecule has 62 valence electrons. The minimum absolute atomic E-state index is 0. The standard InChI is InChI=1S/C12H8.W/c1-3-7-11(8-4-1)12-9-5-2-6-10-12;/h1-7,9H;/q-2;+2. The van der Waals surface area contributed by atoms with Crippen LogP contribution in [-0.4, -0.2) is 0 Å². The van der Waals surface area contributed by atoms with Crippen LogP contribution in [0.2, 0.25) is 0 Å². The molecule has 0 radical (unpaired) electrons. The van der Waals surface area contributed by atoms with Crippen LogP contribution in [0.3, 0.4) is 0 Å². The van der Waals surface area contributed by atoms with Crippen LogP contribution in [0.5, 0.6) is 0 Å². The number of hydrogen-bond acceptors (Lipinski definition) is 0. The largest absolute Gasteiger partial charge is 2.00 e. The van der Waals surface area contributed by atoms with Gasteiger partial charge in [0.2, 0.25) is 0 Å². The van der Waals surface area contributed by atoms with E-state index in [-0.39, 0.29) is 21.1 Å². The van der Waals surface area contributed by atoms with Crippen molar-refractivity contribution in [2.45, 2.75) is 0 Å². The molecular formula is C12H8W. The molecule has 0 nitrogen and oxygen atoms in total. The molecular weight excluding hydrogens is 328 g/mol. The molecule has 0 saturated carbocycles. The SMILES string of the molecule is [W+2].[c-]1ccccc1-c1[c-]cccc1. The molecule has 2 aromatic rings. The van der Waals surface area contributed by atoms with E-state index >= 15 is 0 Å². The van der Waals surface area contributed by atoms with Gasteiger partial charge >= 0.3 is 21.1 Å². The van der Waals surface area contributed by atoms with Crippen LogP contribution in [-0.2, 0) is 21.1 Å². The summed E-state index contributed by atoms with van der Waals surface area (Å²) in [6.45, 7) is 0. The third-order valence-corrected chi connectivity index (χ3v) is 1.71. The molecule has 0 aliphatic carbocycles. The van der Waals surface area contributed by atoms with Crippen molar-refractivity contribution >= 4 is 0 Å². The topological polar surface area (TPSA) is 0 Å². The zero-order valence-corrected chi connectivity index (χ0v) is 9.96. The van der Waals surface area contributed by atoms with Crippen molar-refractivity contribution in [3.63, 3.8) is 0 Å². The number of rotatable bonds is 1. The summed E-state index contributed by atoms with van der Waals surface area (Å²) >= 11 is 0. The molecule has 0 unspecified atom stereocenters. The first-order valence-corrected chi connectivity index (χ1v) is 3.90. The van der Waals surface area contributed by atoms with Crippen LogP contribution in [0, 0.1) is 12.1 Å². The van der Waals surface area contributed by atoms with Gasteiger partial charge in [-0.1, -0.05) is 0 Å². The van der Waals surface area contributed by atoms with Crippen molar-refractivity contribution < 1.29 is 21.1 Å². The van der Waals surface area contributed by atoms with Gasteiger partial charge in [0, 0.05) is 0 Å². The first-order chi connectivity index (χ1) is 5.97. The molecule has 2 rings (SSSR count). The third kappa shape index (κ3) is 2.53. The fraction of sp³-hybridized carbons (Fsp3) is 0. The zero-order valence-electron chi connectivity index (χ0n) is 7.03. The Kier molecular flexibility index (Phi) is 3.92. The van der Waals surface area contributed by atoms with Gasteiger partial charge in [0.15, 0.2) is 0 Å². The minimum Gasteiger partial charge on any atom is -0.226 e. The summed E-state index contributed by atoms with van der Waals surface area (Å²) in [6, 6.07) is 22.1. The maximum absolute atomic E-state index is 3.15. The van der Waals surface area contributed by atoms with Crippen LogP contribution in [0.4, 0.5) is 0 Å². The Bertz CT molecular complexity index is 303. The van der Waals surface area contributed by atoms with Gasteiger partial charge in [0.25, 0.3) is 0 Å². The molecule has 2 aromatic carbocycles. The normalized spacial score (nSPS) is 8.92. The summed E-state index contributed by atoms with van der Waals surface area (Å²) in [6.07, 6.45) is 0. The summed E-state index contributed by atoms with van der Waals surface area (Å²) in [4.78, 5) is 0. The average Bonchev–Trinajstić information content (AvgIpc) is 2.21. The molecule has 0 fully saturated rings. The van der Waals surface area contributed by atoms with Gasteiger partial charge in [-0.2, -0.15) is 48.5 Å². The Morgan fingerprint density at radius 2 is 1.15 bits per heavy atom. The van der Waals surface area contributed by atoms with Crippen molar-refractivity contribution in [1.82, 2.24) is 0 Å². The summed E-state index contributed by atoms with van der Waals surface area (Å²) in [5.41, 5.74) is 2.19. The molecule has 0 aliphatic rings. The van der Waals surface area contributed by atoms with Crippen molar-refractivity contribution in [1.29, 1.82) is 0 Å². The fourth-order valence-electron chi connectivity index (χ4n) is 1.12. The van der Waals surface area contributed by atoms with Crippen LogP contribution in [0.1, 0.15) is 0 Å². The van der Waals surface area contributed by atoms with E-state index in [4.69, 9.17) is 0 Å². The van der Waals surface area contributed by atoms with E-state index in [1.807, 2.05) is 48.5 Å². The summed E-state index contributed by atoms with van der Waals surface area (Å²) in [7, 11) is 0. The van der Waals surface area contributed by atoms with Crippen molar-refractivity contribution in [3.05, 3.63) is 60.7 Å². The monoisotopic (exact) mass is 336 g/mol. The quantitative estimate of drug-likeness (QED) is 0.703. The first-order valence-electron chi connectivity index (χ1n) is 3.90. The van der Waals surface area contributed by atoms with Gasteiger partial charge in [-0.15, -0.1) is 12.1 Å². The van der Waals surface area contributed by atoms with E-state index < -0.39 is 0 Å². The maximum atomic E-state index is 3.15. The van der Waals surface area contributed by atoms with Gasteiger partial charge in [-0.3, -0.25) is 0 Å². The molecule has 0 heterocycles. The third-order valence-electron chi connectivity index (χ3n) is 1.71. The van der Waals surface area contributed by atoms with E-state index in [1.54, 1.807) is 0 Å². The Hall–Kier alpha value is -0.872. The van der Waals surface area contributed by atoms with Crippen molar-refractivity contribution in [3.8, 4) is 11.1 Å². The zero-order chi connectivity index (χ0) is 8.23. The molecule has 0 amide bonds. The van der Waals surface area contributed by atoms with Crippen LogP contribution in [0.25, 0.3) is 11.1 Å². The summed E-state index contributed by atoms with van der Waals surface area (Å²) < 4.78 is 0. The van der Waals surface area contributed by atoms with Gasteiger partial charge in [-0.25, -0.2) is 11.1 Å². The summed E-state index contributed by atoms with van der Waals surface area (Å²) in [5, 5.41) is 0.